The number of carbonyl (C=O) groups excluding carboxylic acids is 3. The summed E-state index contributed by atoms with van der Waals surface area (Å²) in [7, 11) is 0. The minimum atomic E-state index is -1.19. The van der Waals surface area contributed by atoms with Crippen LogP contribution in [-0.2, 0) is 33.3 Å². The Kier molecular flexibility index (Phi) is 20.5. The number of aliphatic hydroxyl groups excluding tert-OH is 2. The molecule has 12 nitrogen and oxygen atoms in total. The van der Waals surface area contributed by atoms with Gasteiger partial charge in [0.15, 0.2) is 0 Å². The molecule has 0 saturated carbocycles. The zero-order valence-corrected chi connectivity index (χ0v) is 31.3. The second-order valence-corrected chi connectivity index (χ2v) is 17.7. The zero-order chi connectivity index (χ0) is 33.3. The number of nitrogens with one attached hydrogen (secondary N) is 3. The number of alkyl halides is 3. The van der Waals surface area contributed by atoms with E-state index in [0.29, 0.717) is 33.0 Å². The van der Waals surface area contributed by atoms with Crippen molar-refractivity contribution in [3.8, 4) is 0 Å². The number of rotatable bonds is 24. The Labute approximate surface area is 281 Å². The average Bonchev–Trinajstić information content (AvgIpc) is 2.90. The summed E-state index contributed by atoms with van der Waals surface area (Å²) in [5, 5.41) is 28.9. The van der Waals surface area contributed by atoms with Crippen LogP contribution in [0.3, 0.4) is 0 Å². The van der Waals surface area contributed by atoms with Gasteiger partial charge in [0, 0.05) is 31.2 Å². The highest BCUT2D eigenvalue weighted by atomic mass is 79.9. The van der Waals surface area contributed by atoms with Crippen molar-refractivity contribution in [1.29, 1.82) is 0 Å². The van der Waals surface area contributed by atoms with Gasteiger partial charge in [-0.2, -0.15) is 0 Å². The van der Waals surface area contributed by atoms with E-state index in [2.05, 4.69) is 63.7 Å². The molecule has 2 atom stereocenters. The molecule has 0 aliphatic carbocycles. The fourth-order valence-electron chi connectivity index (χ4n) is 3.56. The Hall–Kier alpha value is -0.390. The van der Waals surface area contributed by atoms with Crippen LogP contribution in [0.15, 0.2) is 0 Å². The lowest BCUT2D eigenvalue weighted by atomic mass is 9.77. The molecule has 0 saturated heterocycles. The molecule has 0 spiro atoms. The van der Waals surface area contributed by atoms with Crippen LogP contribution in [0.2, 0.25) is 0 Å². The van der Waals surface area contributed by atoms with Crippen LogP contribution in [0.5, 0.6) is 0 Å². The summed E-state index contributed by atoms with van der Waals surface area (Å²) >= 11 is 10.1. The highest BCUT2D eigenvalue weighted by molar-refractivity contribution is 9.10. The predicted octanol–water partition coefficient (Wildman–Crippen LogP) is 2.04. The fraction of sp³-hybridized carbons (Fsp3) is 0.893. The van der Waals surface area contributed by atoms with Crippen molar-refractivity contribution in [2.24, 2.45) is 5.41 Å². The molecule has 2 unspecified atom stereocenters. The van der Waals surface area contributed by atoms with E-state index in [-0.39, 0.29) is 57.1 Å². The molecule has 0 rings (SSSR count). The highest BCUT2D eigenvalue weighted by Gasteiger charge is 2.44. The molecule has 0 aromatic heterocycles. The third kappa shape index (κ3) is 18.4. The molecule has 0 bridgehead atoms. The molecule has 0 heterocycles. The quantitative estimate of drug-likeness (QED) is 0.0725. The van der Waals surface area contributed by atoms with Crippen molar-refractivity contribution in [3.63, 3.8) is 0 Å². The highest BCUT2D eigenvalue weighted by Crippen LogP contribution is 2.29. The first-order chi connectivity index (χ1) is 19.8. The first kappa shape index (κ1) is 42.6. The molecule has 0 aliphatic rings. The summed E-state index contributed by atoms with van der Waals surface area (Å²) < 4.78 is 19.5. The topological polar surface area (TPSA) is 165 Å². The van der Waals surface area contributed by atoms with Gasteiger partial charge in [0.05, 0.1) is 71.9 Å². The average molecular weight is 814 g/mol. The number of aliphatic hydroxyl groups is 2. The molecule has 5 N–H and O–H groups in total. The van der Waals surface area contributed by atoms with E-state index in [1.807, 2.05) is 6.92 Å². The molecular weight excluding hydrogens is 762 g/mol. The predicted molar refractivity (Wildman–Crippen MR) is 176 cm³/mol. The summed E-state index contributed by atoms with van der Waals surface area (Å²) in [6.45, 7) is 14.1. The Morgan fingerprint density at radius 2 is 1.09 bits per heavy atom. The second kappa shape index (κ2) is 20.7. The summed E-state index contributed by atoms with van der Waals surface area (Å²) in [4.78, 5) is 39.0. The van der Waals surface area contributed by atoms with Crippen molar-refractivity contribution < 1.29 is 43.5 Å². The minimum absolute atomic E-state index is 0.0375. The van der Waals surface area contributed by atoms with Crippen LogP contribution in [0.25, 0.3) is 0 Å². The first-order valence-corrected chi connectivity index (χ1v) is 16.7. The van der Waals surface area contributed by atoms with Gasteiger partial charge in [-0.05, 0) is 54.9 Å². The van der Waals surface area contributed by atoms with Gasteiger partial charge < -0.3 is 45.1 Å². The standard InChI is InChI=1S/C28H52Br3N3O9/c1-8-40-9-10-41-11-12-42-13-14-43-19-28(17-32-22(37)25(2,3)29,18-33-23(38)26(4,5)30)21(15-20(36)16-35)34-24(39)27(6,7)31/h20-21,35-36H,8-19H2,1-7H3,(H,32,37)(H,33,38)(H,34,39). The van der Waals surface area contributed by atoms with E-state index in [4.69, 9.17) is 18.9 Å². The van der Waals surface area contributed by atoms with E-state index in [1.54, 1.807) is 41.5 Å². The normalized spacial score (nSPS) is 14.2. The van der Waals surface area contributed by atoms with Gasteiger partial charge in [-0.1, -0.05) is 47.8 Å². The molecule has 0 radical (unpaired) electrons. The minimum Gasteiger partial charge on any atom is -0.394 e. The van der Waals surface area contributed by atoms with E-state index >= 15 is 0 Å². The lowest BCUT2D eigenvalue weighted by molar-refractivity contribution is -0.126. The first-order valence-electron chi connectivity index (χ1n) is 14.3. The number of hydrogen-bond donors (Lipinski definition) is 5. The van der Waals surface area contributed by atoms with Crippen LogP contribution < -0.4 is 16.0 Å². The third-order valence-electron chi connectivity index (χ3n) is 6.29. The van der Waals surface area contributed by atoms with Gasteiger partial charge in [0.1, 0.15) is 0 Å². The van der Waals surface area contributed by atoms with Crippen LogP contribution in [-0.4, -0.2) is 126 Å². The monoisotopic (exact) mass is 811 g/mol. The summed E-state index contributed by atoms with van der Waals surface area (Å²) in [5.74, 6) is -1.05. The molecule has 43 heavy (non-hydrogen) atoms. The van der Waals surface area contributed by atoms with Gasteiger partial charge in [-0.25, -0.2) is 0 Å². The summed E-state index contributed by atoms with van der Waals surface area (Å²) in [5.41, 5.74) is -1.16. The molecule has 0 fully saturated rings. The van der Waals surface area contributed by atoms with Crippen LogP contribution in [0.4, 0.5) is 0 Å². The zero-order valence-electron chi connectivity index (χ0n) is 26.5. The molecule has 0 aromatic carbocycles. The molecule has 15 heteroatoms. The van der Waals surface area contributed by atoms with Gasteiger partial charge >= 0.3 is 0 Å². The fourth-order valence-corrected chi connectivity index (χ4v) is 3.96. The summed E-state index contributed by atoms with van der Waals surface area (Å²) in [6, 6.07) is -0.851. The van der Waals surface area contributed by atoms with Gasteiger partial charge in [0.25, 0.3) is 0 Å². The van der Waals surface area contributed by atoms with Gasteiger partial charge in [-0.15, -0.1) is 0 Å². The van der Waals surface area contributed by atoms with E-state index < -0.39 is 37.1 Å². The van der Waals surface area contributed by atoms with E-state index in [1.165, 1.54) is 0 Å². The van der Waals surface area contributed by atoms with Crippen molar-refractivity contribution in [3.05, 3.63) is 0 Å². The molecule has 0 aromatic rings. The third-order valence-corrected chi connectivity index (χ3v) is 7.37. The van der Waals surface area contributed by atoms with Gasteiger partial charge in [-0.3, -0.25) is 14.4 Å². The molecule has 0 aliphatic heterocycles. The van der Waals surface area contributed by atoms with Crippen LogP contribution in [0, 0.1) is 5.41 Å². The van der Waals surface area contributed by atoms with Crippen molar-refractivity contribution in [2.75, 3.05) is 72.6 Å². The lowest BCUT2D eigenvalue weighted by Crippen LogP contribution is -2.63. The van der Waals surface area contributed by atoms with Crippen LogP contribution >= 0.6 is 47.8 Å². The Balaban J connectivity index is 6.08. The smallest absolute Gasteiger partial charge is 0.236 e. The van der Waals surface area contributed by atoms with Crippen molar-refractivity contribution in [1.82, 2.24) is 16.0 Å². The number of halogens is 3. The van der Waals surface area contributed by atoms with Crippen LogP contribution in [0.1, 0.15) is 54.9 Å². The Morgan fingerprint density at radius 3 is 1.47 bits per heavy atom. The summed E-state index contributed by atoms with van der Waals surface area (Å²) in [6.07, 6.45) is -1.27. The Bertz CT molecular complexity index is 801. The number of carbonyl (C=O) groups is 3. The Morgan fingerprint density at radius 1 is 0.698 bits per heavy atom. The largest absolute Gasteiger partial charge is 0.394 e. The second-order valence-electron chi connectivity index (χ2n) is 11.7. The molecule has 254 valence electrons. The van der Waals surface area contributed by atoms with E-state index in [9.17, 15) is 24.6 Å². The number of amides is 3. The van der Waals surface area contributed by atoms with Crippen molar-refractivity contribution >= 4 is 65.5 Å². The lowest BCUT2D eigenvalue weighted by Gasteiger charge is -2.43. The number of hydrogen-bond acceptors (Lipinski definition) is 9. The maximum atomic E-state index is 13.2. The van der Waals surface area contributed by atoms with Crippen molar-refractivity contribution in [2.45, 2.75) is 80.0 Å². The van der Waals surface area contributed by atoms with Gasteiger partial charge in [0.2, 0.25) is 17.7 Å². The molecular formula is C28H52Br3N3O9. The maximum absolute atomic E-state index is 13.2. The molecule has 3 amide bonds. The number of ether oxygens (including phenoxy) is 4. The van der Waals surface area contributed by atoms with E-state index in [0.717, 1.165) is 0 Å². The maximum Gasteiger partial charge on any atom is 0.236 e. The SMILES string of the molecule is CCOCCOCCOCCOCC(CNC(=O)C(C)(C)Br)(CNC(=O)C(C)(C)Br)C(CC(O)CO)NC(=O)C(C)(C)Br.